The molecule has 2 saturated carbocycles. The van der Waals surface area contributed by atoms with Gasteiger partial charge in [0.2, 0.25) is 11.8 Å². The molecule has 2 amide bonds. The summed E-state index contributed by atoms with van der Waals surface area (Å²) in [7, 11) is 0. The highest BCUT2D eigenvalue weighted by atomic mass is 35.5. The van der Waals surface area contributed by atoms with Gasteiger partial charge in [0.1, 0.15) is 0 Å². The molecule has 2 aliphatic carbocycles. The first-order valence-electron chi connectivity index (χ1n) is 10.9. The summed E-state index contributed by atoms with van der Waals surface area (Å²) < 4.78 is 0. The highest BCUT2D eigenvalue weighted by Crippen LogP contribution is 2.27. The summed E-state index contributed by atoms with van der Waals surface area (Å²) >= 11 is 0. The Balaban J connectivity index is 0.00000364. The van der Waals surface area contributed by atoms with Crippen LogP contribution in [0.2, 0.25) is 0 Å². The molecule has 0 aromatic heterocycles. The van der Waals surface area contributed by atoms with E-state index in [1.807, 2.05) is 0 Å². The van der Waals surface area contributed by atoms with Gasteiger partial charge >= 0.3 is 0 Å². The second-order valence-corrected chi connectivity index (χ2v) is 8.41. The Hall–Kier alpha value is -0.810. The summed E-state index contributed by atoms with van der Waals surface area (Å²) in [6, 6.07) is 0.357. The third-order valence-corrected chi connectivity index (χ3v) is 6.20. The van der Waals surface area contributed by atoms with E-state index in [0.29, 0.717) is 18.9 Å². The van der Waals surface area contributed by atoms with E-state index in [-0.39, 0.29) is 42.2 Å². The van der Waals surface area contributed by atoms with Crippen molar-refractivity contribution in [1.29, 1.82) is 0 Å². The SMILES string of the molecule is CCCCC(CN)NC(=O)C1CCC(NC(=O)CC2CCCCC2)CC1.Cl. The van der Waals surface area contributed by atoms with E-state index in [9.17, 15) is 9.59 Å². The fourth-order valence-electron chi connectivity index (χ4n) is 4.46. The molecule has 0 aromatic carbocycles. The predicted octanol–water partition coefficient (Wildman–Crippen LogP) is 3.69. The Bertz CT molecular complexity index is 433. The Morgan fingerprint density at radius 2 is 1.70 bits per heavy atom. The fraction of sp³-hybridized carbons (Fsp3) is 0.905. The lowest BCUT2D eigenvalue weighted by Gasteiger charge is -2.30. The van der Waals surface area contributed by atoms with Crippen molar-refractivity contribution < 1.29 is 9.59 Å². The third kappa shape index (κ3) is 8.82. The zero-order valence-electron chi connectivity index (χ0n) is 17.0. The Morgan fingerprint density at radius 3 is 2.30 bits per heavy atom. The van der Waals surface area contributed by atoms with E-state index in [2.05, 4.69) is 17.6 Å². The summed E-state index contributed by atoms with van der Waals surface area (Å²) in [5.74, 6) is 1.04. The minimum atomic E-state index is 0. The number of carbonyl (C=O) groups is 2. The van der Waals surface area contributed by atoms with E-state index >= 15 is 0 Å². The first-order chi connectivity index (χ1) is 12.6. The summed E-state index contributed by atoms with van der Waals surface area (Å²) in [5.41, 5.74) is 5.78. The number of hydrogen-bond acceptors (Lipinski definition) is 3. The van der Waals surface area contributed by atoms with Crippen LogP contribution in [0, 0.1) is 11.8 Å². The van der Waals surface area contributed by atoms with Crippen LogP contribution in [-0.4, -0.2) is 30.4 Å². The maximum Gasteiger partial charge on any atom is 0.223 e. The Morgan fingerprint density at radius 1 is 1.04 bits per heavy atom. The van der Waals surface area contributed by atoms with Gasteiger partial charge in [-0.25, -0.2) is 0 Å². The highest BCUT2D eigenvalue weighted by Gasteiger charge is 2.28. The quantitative estimate of drug-likeness (QED) is 0.550. The summed E-state index contributed by atoms with van der Waals surface area (Å²) in [5, 5.41) is 6.34. The van der Waals surface area contributed by atoms with Crippen LogP contribution >= 0.6 is 12.4 Å². The van der Waals surface area contributed by atoms with Crippen molar-refractivity contribution in [2.75, 3.05) is 6.54 Å². The van der Waals surface area contributed by atoms with E-state index in [1.54, 1.807) is 0 Å². The second kappa shape index (κ2) is 13.4. The van der Waals surface area contributed by atoms with Crippen molar-refractivity contribution in [3.8, 4) is 0 Å². The van der Waals surface area contributed by atoms with Gasteiger partial charge in [0, 0.05) is 31.0 Å². The molecule has 2 rings (SSSR count). The van der Waals surface area contributed by atoms with E-state index in [1.165, 1.54) is 32.1 Å². The van der Waals surface area contributed by atoms with Gasteiger partial charge in [0.15, 0.2) is 0 Å². The molecule has 27 heavy (non-hydrogen) atoms. The Kier molecular flexibility index (Phi) is 12.0. The van der Waals surface area contributed by atoms with Crippen molar-refractivity contribution in [3.05, 3.63) is 0 Å². The largest absolute Gasteiger partial charge is 0.353 e. The van der Waals surface area contributed by atoms with Gasteiger partial charge in [-0.1, -0.05) is 39.0 Å². The molecule has 5 nitrogen and oxygen atoms in total. The van der Waals surface area contributed by atoms with Crippen molar-refractivity contribution in [2.24, 2.45) is 17.6 Å². The molecule has 1 unspecified atom stereocenters. The van der Waals surface area contributed by atoms with E-state index in [0.717, 1.165) is 44.9 Å². The monoisotopic (exact) mass is 401 g/mol. The van der Waals surface area contributed by atoms with Gasteiger partial charge in [-0.2, -0.15) is 0 Å². The lowest BCUT2D eigenvalue weighted by atomic mass is 9.84. The second-order valence-electron chi connectivity index (χ2n) is 8.41. The lowest BCUT2D eigenvalue weighted by Crippen LogP contribution is -2.45. The predicted molar refractivity (Wildman–Crippen MR) is 113 cm³/mol. The van der Waals surface area contributed by atoms with Crippen molar-refractivity contribution in [2.45, 2.75) is 102 Å². The number of nitrogens with two attached hydrogens (primary N) is 1. The molecule has 2 aliphatic rings. The summed E-state index contributed by atoms with van der Waals surface area (Å²) in [6.45, 7) is 2.66. The molecule has 6 heteroatoms. The first kappa shape index (κ1) is 24.2. The highest BCUT2D eigenvalue weighted by molar-refractivity contribution is 5.85. The average molecular weight is 402 g/mol. The number of carbonyl (C=O) groups excluding carboxylic acids is 2. The first-order valence-corrected chi connectivity index (χ1v) is 10.9. The molecular weight excluding hydrogens is 362 g/mol. The van der Waals surface area contributed by atoms with Crippen LogP contribution in [0.15, 0.2) is 0 Å². The lowest BCUT2D eigenvalue weighted by molar-refractivity contribution is -0.127. The van der Waals surface area contributed by atoms with Gasteiger partial charge in [0.25, 0.3) is 0 Å². The van der Waals surface area contributed by atoms with Gasteiger partial charge in [0.05, 0.1) is 0 Å². The topological polar surface area (TPSA) is 84.2 Å². The van der Waals surface area contributed by atoms with Gasteiger partial charge in [-0.05, 0) is 50.9 Å². The molecule has 1 atom stereocenters. The van der Waals surface area contributed by atoms with Crippen LogP contribution in [0.1, 0.15) is 90.4 Å². The molecule has 0 spiro atoms. The number of amides is 2. The zero-order chi connectivity index (χ0) is 18.8. The van der Waals surface area contributed by atoms with Crippen LogP contribution < -0.4 is 16.4 Å². The van der Waals surface area contributed by atoms with Crippen LogP contribution in [0.4, 0.5) is 0 Å². The molecule has 0 heterocycles. The van der Waals surface area contributed by atoms with Crippen molar-refractivity contribution >= 4 is 24.2 Å². The standard InChI is InChI=1S/C21H39N3O2.ClH/c1-2-3-9-19(15-22)24-21(26)17-10-12-18(13-11-17)23-20(25)14-16-7-5-4-6-8-16;/h16-19H,2-15,22H2,1H3,(H,23,25)(H,24,26);1H. The number of hydrogen-bond donors (Lipinski definition) is 3. The number of halogens is 1. The van der Waals surface area contributed by atoms with Crippen LogP contribution in [0.5, 0.6) is 0 Å². The van der Waals surface area contributed by atoms with Gasteiger partial charge in [-0.3, -0.25) is 9.59 Å². The number of nitrogens with one attached hydrogen (secondary N) is 2. The average Bonchev–Trinajstić information content (AvgIpc) is 2.66. The zero-order valence-corrected chi connectivity index (χ0v) is 17.8. The van der Waals surface area contributed by atoms with Gasteiger partial charge < -0.3 is 16.4 Å². The molecule has 4 N–H and O–H groups in total. The van der Waals surface area contributed by atoms with Crippen LogP contribution in [0.3, 0.4) is 0 Å². The fourth-order valence-corrected chi connectivity index (χ4v) is 4.46. The smallest absolute Gasteiger partial charge is 0.223 e. The maximum absolute atomic E-state index is 12.5. The van der Waals surface area contributed by atoms with E-state index in [4.69, 9.17) is 5.73 Å². The molecule has 158 valence electrons. The summed E-state index contributed by atoms with van der Waals surface area (Å²) in [6.07, 6.45) is 13.7. The normalized spacial score (nSPS) is 24.5. The Labute approximate surface area is 171 Å². The molecule has 0 saturated heterocycles. The molecule has 0 bridgehead atoms. The molecule has 0 aromatic rings. The minimum Gasteiger partial charge on any atom is -0.353 e. The summed E-state index contributed by atoms with van der Waals surface area (Å²) in [4.78, 5) is 24.7. The number of unbranched alkanes of at least 4 members (excludes halogenated alkanes) is 1. The minimum absolute atomic E-state index is 0. The molecule has 2 fully saturated rings. The van der Waals surface area contributed by atoms with Crippen molar-refractivity contribution in [1.82, 2.24) is 10.6 Å². The maximum atomic E-state index is 12.5. The van der Waals surface area contributed by atoms with Gasteiger partial charge in [-0.15, -0.1) is 12.4 Å². The van der Waals surface area contributed by atoms with Crippen LogP contribution in [-0.2, 0) is 9.59 Å². The molecule has 0 radical (unpaired) electrons. The third-order valence-electron chi connectivity index (χ3n) is 6.20. The molecular formula is C21H40ClN3O2. The van der Waals surface area contributed by atoms with E-state index < -0.39 is 0 Å². The molecule has 0 aliphatic heterocycles. The number of rotatable bonds is 9. The van der Waals surface area contributed by atoms with Crippen molar-refractivity contribution in [3.63, 3.8) is 0 Å². The van der Waals surface area contributed by atoms with Crippen LogP contribution in [0.25, 0.3) is 0 Å².